The van der Waals surface area contributed by atoms with Gasteiger partial charge in [0, 0.05) is 30.6 Å². The van der Waals surface area contributed by atoms with E-state index in [4.69, 9.17) is 0 Å². The number of β-amino-alcohol motifs (C(OH)–C–C–N with tert-alkyl or cyclic N) is 1. The van der Waals surface area contributed by atoms with Gasteiger partial charge in [-0.05, 0) is 37.5 Å². The first-order valence-electron chi connectivity index (χ1n) is 12.3. The van der Waals surface area contributed by atoms with E-state index in [9.17, 15) is 29.7 Å². The summed E-state index contributed by atoms with van der Waals surface area (Å²) < 4.78 is 0. The Kier molecular flexibility index (Phi) is 9.44. The normalized spacial score (nSPS) is 18.9. The first kappa shape index (κ1) is 27.2. The summed E-state index contributed by atoms with van der Waals surface area (Å²) in [6, 6.07) is 11.7. The summed E-state index contributed by atoms with van der Waals surface area (Å²) in [5.74, 6) is -1.70. The van der Waals surface area contributed by atoms with E-state index in [0.29, 0.717) is 12.1 Å². The number of aliphatic hydroxyl groups excluding tert-OH is 2. The second-order valence-electron chi connectivity index (χ2n) is 9.20. The molecular weight excluding hydrogens is 462 g/mol. The lowest BCUT2D eigenvalue weighted by Crippen LogP contribution is -2.56. The van der Waals surface area contributed by atoms with Gasteiger partial charge >= 0.3 is 0 Å². The van der Waals surface area contributed by atoms with Crippen molar-refractivity contribution in [3.63, 3.8) is 0 Å². The lowest BCUT2D eigenvalue weighted by molar-refractivity contribution is -0.146. The number of benzene rings is 2. The number of nitrogens with zero attached hydrogens (tertiary/aromatic N) is 1. The highest BCUT2D eigenvalue weighted by molar-refractivity contribution is 5.97. The minimum atomic E-state index is -1.66. The van der Waals surface area contributed by atoms with Gasteiger partial charge in [-0.15, -0.1) is 0 Å². The van der Waals surface area contributed by atoms with Gasteiger partial charge in [0.15, 0.2) is 6.10 Å². The SMILES string of the molecule is CCCCNC(=O)C1CC(O)CN1C(=O)C(O)C(Cc1ccccc1)NC(=O)c1cccc(O)c1C. The minimum absolute atomic E-state index is 0.0399. The van der Waals surface area contributed by atoms with E-state index in [1.807, 2.05) is 37.3 Å². The number of hydrogen-bond donors (Lipinski definition) is 5. The molecule has 0 spiro atoms. The molecule has 0 bridgehead atoms. The van der Waals surface area contributed by atoms with Crippen LogP contribution >= 0.6 is 0 Å². The molecule has 0 radical (unpaired) electrons. The first-order chi connectivity index (χ1) is 17.2. The van der Waals surface area contributed by atoms with E-state index in [-0.39, 0.29) is 36.6 Å². The van der Waals surface area contributed by atoms with E-state index in [0.717, 1.165) is 18.4 Å². The van der Waals surface area contributed by atoms with Gasteiger partial charge < -0.3 is 30.9 Å². The standard InChI is InChI=1S/C27H35N3O6/c1-3-4-13-28-26(35)22-15-19(31)16-30(22)27(36)24(33)21(14-18-9-6-5-7-10-18)29-25(34)20-11-8-12-23(32)17(20)2/h5-12,19,21-22,24,31-33H,3-4,13-16H2,1-2H3,(H,28,35)(H,29,34). The van der Waals surface area contributed by atoms with Crippen molar-refractivity contribution in [3.8, 4) is 5.75 Å². The van der Waals surface area contributed by atoms with E-state index >= 15 is 0 Å². The van der Waals surface area contributed by atoms with Crippen LogP contribution in [0.15, 0.2) is 48.5 Å². The Balaban J connectivity index is 1.82. The summed E-state index contributed by atoms with van der Waals surface area (Å²) in [7, 11) is 0. The van der Waals surface area contributed by atoms with Crippen LogP contribution in [0.4, 0.5) is 0 Å². The van der Waals surface area contributed by atoms with E-state index in [1.165, 1.54) is 11.0 Å². The van der Waals surface area contributed by atoms with Crippen LogP contribution in [0, 0.1) is 6.92 Å². The molecule has 1 fully saturated rings. The molecule has 4 atom stereocenters. The van der Waals surface area contributed by atoms with Crippen molar-refractivity contribution in [3.05, 3.63) is 65.2 Å². The lowest BCUT2D eigenvalue weighted by Gasteiger charge is -2.30. The van der Waals surface area contributed by atoms with Gasteiger partial charge in [-0.1, -0.05) is 49.7 Å². The number of aliphatic hydroxyl groups is 2. The van der Waals surface area contributed by atoms with Crippen molar-refractivity contribution < 1.29 is 29.7 Å². The maximum absolute atomic E-state index is 13.4. The molecule has 194 valence electrons. The number of rotatable bonds is 10. The predicted octanol–water partition coefficient (Wildman–Crippen LogP) is 1.28. The van der Waals surface area contributed by atoms with Crippen molar-refractivity contribution in [2.75, 3.05) is 13.1 Å². The van der Waals surface area contributed by atoms with Gasteiger partial charge in [-0.3, -0.25) is 14.4 Å². The van der Waals surface area contributed by atoms with Crippen molar-refractivity contribution in [2.24, 2.45) is 0 Å². The average Bonchev–Trinajstić information content (AvgIpc) is 3.26. The van der Waals surface area contributed by atoms with Crippen LogP contribution in [0.5, 0.6) is 5.75 Å². The van der Waals surface area contributed by atoms with Gasteiger partial charge in [0.2, 0.25) is 5.91 Å². The zero-order chi connectivity index (χ0) is 26.2. The average molecular weight is 498 g/mol. The van der Waals surface area contributed by atoms with Crippen LogP contribution in [-0.4, -0.2) is 75.3 Å². The molecule has 0 saturated carbocycles. The van der Waals surface area contributed by atoms with E-state index < -0.39 is 36.1 Å². The molecule has 1 heterocycles. The third kappa shape index (κ3) is 6.61. The maximum atomic E-state index is 13.4. The highest BCUT2D eigenvalue weighted by atomic mass is 16.3. The fourth-order valence-electron chi connectivity index (χ4n) is 4.38. The number of phenols is 1. The Hall–Kier alpha value is -3.43. The third-order valence-corrected chi connectivity index (χ3v) is 6.49. The number of carbonyl (C=O) groups excluding carboxylic acids is 3. The quantitative estimate of drug-likeness (QED) is 0.314. The highest BCUT2D eigenvalue weighted by Crippen LogP contribution is 2.22. The Morgan fingerprint density at radius 3 is 2.53 bits per heavy atom. The number of aromatic hydroxyl groups is 1. The summed E-state index contributed by atoms with van der Waals surface area (Å²) in [5.41, 5.74) is 1.39. The molecule has 5 N–H and O–H groups in total. The van der Waals surface area contributed by atoms with Gasteiger partial charge in [0.25, 0.3) is 11.8 Å². The van der Waals surface area contributed by atoms with E-state index in [2.05, 4.69) is 10.6 Å². The maximum Gasteiger partial charge on any atom is 0.254 e. The fraction of sp³-hybridized carbons (Fsp3) is 0.444. The van der Waals surface area contributed by atoms with Crippen LogP contribution in [0.1, 0.15) is 47.7 Å². The van der Waals surface area contributed by atoms with Gasteiger partial charge in [0.05, 0.1) is 12.1 Å². The summed E-state index contributed by atoms with van der Waals surface area (Å²) in [6.07, 6.45) is -0.635. The number of unbranched alkanes of at least 4 members (excludes halogenated alkanes) is 1. The van der Waals surface area contributed by atoms with E-state index in [1.54, 1.807) is 19.1 Å². The Bertz CT molecular complexity index is 1060. The summed E-state index contributed by atoms with van der Waals surface area (Å²) >= 11 is 0. The molecule has 0 aliphatic carbocycles. The second kappa shape index (κ2) is 12.5. The number of phenolic OH excluding ortho intramolecular Hbond substituents is 1. The number of likely N-dealkylation sites (tertiary alicyclic amines) is 1. The molecule has 9 nitrogen and oxygen atoms in total. The summed E-state index contributed by atoms with van der Waals surface area (Å²) in [4.78, 5) is 40.4. The molecule has 0 aromatic heterocycles. The Morgan fingerprint density at radius 1 is 1.11 bits per heavy atom. The molecule has 2 aromatic carbocycles. The number of carbonyl (C=O) groups is 3. The number of amides is 3. The first-order valence-corrected chi connectivity index (χ1v) is 12.3. The minimum Gasteiger partial charge on any atom is -0.508 e. The largest absolute Gasteiger partial charge is 0.508 e. The highest BCUT2D eigenvalue weighted by Gasteiger charge is 2.42. The molecule has 3 rings (SSSR count). The Labute approximate surface area is 211 Å². The molecule has 1 aliphatic heterocycles. The molecule has 1 aliphatic rings. The zero-order valence-corrected chi connectivity index (χ0v) is 20.7. The van der Waals surface area contributed by atoms with Crippen molar-refractivity contribution in [1.29, 1.82) is 0 Å². The number of hydrogen-bond acceptors (Lipinski definition) is 6. The van der Waals surface area contributed by atoms with Crippen LogP contribution < -0.4 is 10.6 Å². The molecule has 1 saturated heterocycles. The molecule has 3 amide bonds. The van der Waals surface area contributed by atoms with Gasteiger partial charge in [-0.25, -0.2) is 0 Å². The van der Waals surface area contributed by atoms with Gasteiger partial charge in [0.1, 0.15) is 11.8 Å². The zero-order valence-electron chi connectivity index (χ0n) is 20.7. The van der Waals surface area contributed by atoms with Crippen molar-refractivity contribution >= 4 is 17.7 Å². The fourth-order valence-corrected chi connectivity index (χ4v) is 4.38. The Morgan fingerprint density at radius 2 is 1.83 bits per heavy atom. The smallest absolute Gasteiger partial charge is 0.254 e. The van der Waals surface area contributed by atoms with Crippen LogP contribution in [0.3, 0.4) is 0 Å². The van der Waals surface area contributed by atoms with Crippen LogP contribution in [0.2, 0.25) is 0 Å². The lowest BCUT2D eigenvalue weighted by atomic mass is 9.98. The second-order valence-corrected chi connectivity index (χ2v) is 9.20. The monoisotopic (exact) mass is 497 g/mol. The number of nitrogens with one attached hydrogen (secondary N) is 2. The van der Waals surface area contributed by atoms with Crippen molar-refractivity contribution in [2.45, 2.75) is 63.8 Å². The molecule has 4 unspecified atom stereocenters. The molecule has 36 heavy (non-hydrogen) atoms. The summed E-state index contributed by atoms with van der Waals surface area (Å²) in [5, 5.41) is 36.9. The van der Waals surface area contributed by atoms with Gasteiger partial charge in [-0.2, -0.15) is 0 Å². The molecule has 2 aromatic rings. The van der Waals surface area contributed by atoms with Crippen LogP contribution in [0.25, 0.3) is 0 Å². The predicted molar refractivity (Wildman–Crippen MR) is 134 cm³/mol. The third-order valence-electron chi connectivity index (χ3n) is 6.49. The van der Waals surface area contributed by atoms with Crippen molar-refractivity contribution in [1.82, 2.24) is 15.5 Å². The topological polar surface area (TPSA) is 139 Å². The molecule has 9 heteroatoms. The summed E-state index contributed by atoms with van der Waals surface area (Å²) in [6.45, 7) is 3.98. The van der Waals surface area contributed by atoms with Crippen LogP contribution in [-0.2, 0) is 16.0 Å². The molecular formula is C27H35N3O6.